The van der Waals surface area contributed by atoms with Crippen LogP contribution in [0.2, 0.25) is 5.02 Å². The van der Waals surface area contributed by atoms with Crippen LogP contribution in [0, 0.1) is 13.8 Å². The van der Waals surface area contributed by atoms with Gasteiger partial charge in [0.15, 0.2) is 0 Å². The van der Waals surface area contributed by atoms with Crippen molar-refractivity contribution >= 4 is 38.6 Å². The van der Waals surface area contributed by atoms with Crippen molar-refractivity contribution < 1.29 is 13.5 Å². The molecule has 1 heterocycles. The van der Waals surface area contributed by atoms with Gasteiger partial charge in [0.1, 0.15) is 4.90 Å². The Morgan fingerprint density at radius 2 is 2.00 bits per heavy atom. The first-order valence-corrected chi connectivity index (χ1v) is 8.56. The Balaban J connectivity index is 2.49. The molecule has 0 saturated carbocycles. The first kappa shape index (κ1) is 15.3. The molecule has 20 heavy (non-hydrogen) atoms. The zero-order valence-electron chi connectivity index (χ0n) is 11.0. The third-order valence-electron chi connectivity index (χ3n) is 2.86. The molecule has 0 spiro atoms. The quantitative estimate of drug-likeness (QED) is 0.903. The number of aryl methyl sites for hydroxylation is 2. The number of aliphatic hydroxyl groups excluding tert-OH is 1. The van der Waals surface area contributed by atoms with E-state index in [0.29, 0.717) is 21.2 Å². The van der Waals surface area contributed by atoms with Crippen LogP contribution in [0.3, 0.4) is 0 Å². The highest BCUT2D eigenvalue weighted by Crippen LogP contribution is 2.32. The van der Waals surface area contributed by atoms with E-state index in [1.165, 1.54) is 11.3 Å². The summed E-state index contributed by atoms with van der Waals surface area (Å²) in [4.78, 5) is 0.545. The molecule has 108 valence electrons. The van der Waals surface area contributed by atoms with Crippen molar-refractivity contribution in [3.63, 3.8) is 0 Å². The van der Waals surface area contributed by atoms with Crippen LogP contribution in [0.25, 0.3) is 0 Å². The number of halogens is 1. The molecule has 2 rings (SSSR count). The van der Waals surface area contributed by atoms with E-state index in [1.54, 1.807) is 37.4 Å². The van der Waals surface area contributed by atoms with E-state index in [0.717, 1.165) is 5.56 Å². The normalized spacial score (nSPS) is 11.6. The van der Waals surface area contributed by atoms with Gasteiger partial charge in [-0.05, 0) is 36.4 Å². The largest absolute Gasteiger partial charge is 0.391 e. The van der Waals surface area contributed by atoms with Crippen molar-refractivity contribution in [1.29, 1.82) is 0 Å². The molecular weight excluding hydrogens is 318 g/mol. The molecule has 0 aliphatic carbocycles. The van der Waals surface area contributed by atoms with Gasteiger partial charge in [0.25, 0.3) is 10.0 Å². The van der Waals surface area contributed by atoms with Crippen molar-refractivity contribution in [2.24, 2.45) is 0 Å². The van der Waals surface area contributed by atoms with Gasteiger partial charge in [0, 0.05) is 0 Å². The fraction of sp³-hybridized carbons (Fsp3) is 0.231. The van der Waals surface area contributed by atoms with E-state index in [9.17, 15) is 13.5 Å². The zero-order valence-corrected chi connectivity index (χ0v) is 13.4. The monoisotopic (exact) mass is 331 g/mol. The molecular formula is C13H14ClNO3S2. The van der Waals surface area contributed by atoms with E-state index >= 15 is 0 Å². The molecule has 0 aliphatic rings. The van der Waals surface area contributed by atoms with Gasteiger partial charge in [0.05, 0.1) is 22.2 Å². The zero-order chi connectivity index (χ0) is 14.9. The average molecular weight is 332 g/mol. The van der Waals surface area contributed by atoms with Crippen molar-refractivity contribution in [3.05, 3.63) is 44.6 Å². The highest BCUT2D eigenvalue weighted by molar-refractivity contribution is 7.93. The van der Waals surface area contributed by atoms with Crippen molar-refractivity contribution in [2.75, 3.05) is 4.72 Å². The van der Waals surface area contributed by atoms with Gasteiger partial charge in [-0.15, -0.1) is 11.3 Å². The highest BCUT2D eigenvalue weighted by Gasteiger charge is 2.24. The summed E-state index contributed by atoms with van der Waals surface area (Å²) >= 11 is 7.26. The maximum atomic E-state index is 12.5. The number of benzene rings is 1. The molecule has 0 unspecified atom stereocenters. The van der Waals surface area contributed by atoms with Crippen molar-refractivity contribution in [2.45, 2.75) is 25.3 Å². The van der Waals surface area contributed by atoms with Crippen molar-refractivity contribution in [1.82, 2.24) is 0 Å². The fourth-order valence-electron chi connectivity index (χ4n) is 1.90. The minimum atomic E-state index is -3.77. The van der Waals surface area contributed by atoms with Crippen LogP contribution in [0.4, 0.5) is 5.69 Å². The van der Waals surface area contributed by atoms with E-state index in [4.69, 9.17) is 11.6 Å². The van der Waals surface area contributed by atoms with Crippen LogP contribution >= 0.6 is 22.9 Å². The summed E-state index contributed by atoms with van der Waals surface area (Å²) < 4.78 is 27.5. The summed E-state index contributed by atoms with van der Waals surface area (Å²) in [7, 11) is -3.77. The Labute approximate surface area is 127 Å². The fourth-order valence-corrected chi connectivity index (χ4v) is 5.05. The molecule has 0 aliphatic heterocycles. The summed E-state index contributed by atoms with van der Waals surface area (Å²) in [6, 6.07) is 5.15. The second-order valence-electron chi connectivity index (χ2n) is 4.37. The van der Waals surface area contributed by atoms with Crippen LogP contribution in [0.15, 0.2) is 28.5 Å². The van der Waals surface area contributed by atoms with Gasteiger partial charge in [-0.3, -0.25) is 4.72 Å². The molecule has 4 nitrogen and oxygen atoms in total. The van der Waals surface area contributed by atoms with Crippen LogP contribution in [0.5, 0.6) is 0 Å². The number of anilines is 1. The standard InChI is InChI=1S/C13H14ClNO3S2/c1-8-4-3-5-10(14)12(8)15-20(17,18)13-9(2)7-19-11(13)6-16/h3-5,7,15-16H,6H2,1-2H3. The van der Waals surface area contributed by atoms with E-state index in [-0.39, 0.29) is 11.5 Å². The molecule has 0 atom stereocenters. The van der Waals surface area contributed by atoms with Gasteiger partial charge in [-0.1, -0.05) is 23.7 Å². The summed E-state index contributed by atoms with van der Waals surface area (Å²) in [6.07, 6.45) is 0. The van der Waals surface area contributed by atoms with Gasteiger partial charge < -0.3 is 5.11 Å². The lowest BCUT2D eigenvalue weighted by Gasteiger charge is -2.13. The molecule has 1 aromatic heterocycles. The Morgan fingerprint density at radius 1 is 1.30 bits per heavy atom. The lowest BCUT2D eigenvalue weighted by Crippen LogP contribution is -2.16. The molecule has 2 N–H and O–H groups in total. The highest BCUT2D eigenvalue weighted by atomic mass is 35.5. The second-order valence-corrected chi connectivity index (χ2v) is 7.36. The minimum Gasteiger partial charge on any atom is -0.391 e. The van der Waals surface area contributed by atoms with Crippen LogP contribution in [-0.2, 0) is 16.6 Å². The molecule has 7 heteroatoms. The minimum absolute atomic E-state index is 0.129. The second kappa shape index (κ2) is 5.73. The predicted molar refractivity (Wildman–Crippen MR) is 82.0 cm³/mol. The third-order valence-corrected chi connectivity index (χ3v) is 5.97. The van der Waals surface area contributed by atoms with E-state index < -0.39 is 10.0 Å². The van der Waals surface area contributed by atoms with Crippen molar-refractivity contribution in [3.8, 4) is 0 Å². The number of nitrogens with one attached hydrogen (secondary N) is 1. The van der Waals surface area contributed by atoms with E-state index in [2.05, 4.69) is 4.72 Å². The first-order valence-electron chi connectivity index (χ1n) is 5.82. The van der Waals surface area contributed by atoms with Gasteiger partial charge >= 0.3 is 0 Å². The molecule has 0 bridgehead atoms. The number of sulfonamides is 1. The molecule has 1 aromatic carbocycles. The predicted octanol–water partition coefficient (Wildman–Crippen LogP) is 3.31. The molecule has 2 aromatic rings. The number of para-hydroxylation sites is 1. The lowest BCUT2D eigenvalue weighted by molar-refractivity contribution is 0.282. The number of rotatable bonds is 4. The number of aliphatic hydroxyl groups is 1. The Hall–Kier alpha value is -1.08. The maximum Gasteiger partial charge on any atom is 0.263 e. The van der Waals surface area contributed by atoms with Crippen LogP contribution in [0.1, 0.15) is 16.0 Å². The topological polar surface area (TPSA) is 66.4 Å². The molecule has 0 amide bonds. The summed E-state index contributed by atoms with van der Waals surface area (Å²) in [5, 5.41) is 11.3. The average Bonchev–Trinajstić information content (AvgIpc) is 2.76. The SMILES string of the molecule is Cc1cccc(Cl)c1NS(=O)(=O)c1c(C)csc1CO. The maximum absolute atomic E-state index is 12.5. The third kappa shape index (κ3) is 2.83. The first-order chi connectivity index (χ1) is 9.36. The molecule has 0 fully saturated rings. The molecule has 0 radical (unpaired) electrons. The smallest absolute Gasteiger partial charge is 0.263 e. The van der Waals surface area contributed by atoms with Gasteiger partial charge in [-0.25, -0.2) is 8.42 Å². The Bertz CT molecular complexity index is 718. The van der Waals surface area contributed by atoms with Gasteiger partial charge in [0.2, 0.25) is 0 Å². The summed E-state index contributed by atoms with van der Waals surface area (Å²) in [5.74, 6) is 0. The van der Waals surface area contributed by atoms with Crippen LogP contribution in [-0.4, -0.2) is 13.5 Å². The number of hydrogen-bond donors (Lipinski definition) is 2. The van der Waals surface area contributed by atoms with Crippen LogP contribution < -0.4 is 4.72 Å². The number of thiophene rings is 1. The van der Waals surface area contributed by atoms with E-state index in [1.807, 2.05) is 0 Å². The summed E-state index contributed by atoms with van der Waals surface area (Å²) in [6.45, 7) is 3.16. The molecule has 0 saturated heterocycles. The Morgan fingerprint density at radius 3 is 2.60 bits per heavy atom. The number of hydrogen-bond acceptors (Lipinski definition) is 4. The van der Waals surface area contributed by atoms with Gasteiger partial charge in [-0.2, -0.15) is 0 Å². The summed E-state index contributed by atoms with van der Waals surface area (Å²) in [5.41, 5.74) is 1.71. The lowest BCUT2D eigenvalue weighted by atomic mass is 10.2. The Kier molecular flexibility index (Phi) is 4.39.